The fourth-order valence-corrected chi connectivity index (χ4v) is 3.39. The summed E-state index contributed by atoms with van der Waals surface area (Å²) in [6.07, 6.45) is 4.72. The van der Waals surface area contributed by atoms with Crippen LogP contribution in [0.1, 0.15) is 51.3 Å². The molecule has 0 aliphatic heterocycles. The SMILES string of the molecule is CC[C@@H]1CCc2c(nn(C)c2Cl)C1(C)CC. The average molecular weight is 241 g/mol. The summed E-state index contributed by atoms with van der Waals surface area (Å²) in [5.74, 6) is 0.746. The van der Waals surface area contributed by atoms with Crippen molar-refractivity contribution in [1.29, 1.82) is 0 Å². The van der Waals surface area contributed by atoms with Gasteiger partial charge in [-0.05, 0) is 25.2 Å². The summed E-state index contributed by atoms with van der Waals surface area (Å²) in [6, 6.07) is 0. The third-order valence-corrected chi connectivity index (χ3v) is 4.95. The van der Waals surface area contributed by atoms with E-state index >= 15 is 0 Å². The molecular formula is C13H21ClN2. The maximum absolute atomic E-state index is 6.30. The minimum atomic E-state index is 0.216. The minimum absolute atomic E-state index is 0.216. The monoisotopic (exact) mass is 240 g/mol. The number of rotatable bonds is 2. The first-order valence-electron chi connectivity index (χ1n) is 6.26. The Bertz CT molecular complexity index is 397. The van der Waals surface area contributed by atoms with Gasteiger partial charge in [0.15, 0.2) is 0 Å². The van der Waals surface area contributed by atoms with Gasteiger partial charge in [-0.15, -0.1) is 0 Å². The van der Waals surface area contributed by atoms with Crippen LogP contribution in [0.3, 0.4) is 0 Å². The fraction of sp³-hybridized carbons (Fsp3) is 0.769. The molecule has 2 atom stereocenters. The maximum atomic E-state index is 6.30. The highest BCUT2D eigenvalue weighted by atomic mass is 35.5. The number of halogens is 1. The van der Waals surface area contributed by atoms with E-state index in [1.165, 1.54) is 24.1 Å². The van der Waals surface area contributed by atoms with E-state index in [0.717, 1.165) is 23.9 Å². The Hall–Kier alpha value is -0.500. The third kappa shape index (κ3) is 1.50. The Morgan fingerprint density at radius 1 is 1.50 bits per heavy atom. The largest absolute Gasteiger partial charge is 0.257 e. The predicted octanol–water partition coefficient (Wildman–Crippen LogP) is 3.71. The van der Waals surface area contributed by atoms with Crippen LogP contribution in [0.5, 0.6) is 0 Å². The second-order valence-electron chi connectivity index (χ2n) is 5.16. The van der Waals surface area contributed by atoms with Gasteiger partial charge in [0.25, 0.3) is 0 Å². The highest BCUT2D eigenvalue weighted by Crippen LogP contribution is 2.46. The molecule has 3 heteroatoms. The van der Waals surface area contributed by atoms with Gasteiger partial charge in [-0.1, -0.05) is 38.8 Å². The van der Waals surface area contributed by atoms with Gasteiger partial charge in [0.2, 0.25) is 0 Å². The number of hydrogen-bond acceptors (Lipinski definition) is 1. The summed E-state index contributed by atoms with van der Waals surface area (Å²) in [5, 5.41) is 5.49. The summed E-state index contributed by atoms with van der Waals surface area (Å²) in [5.41, 5.74) is 2.76. The smallest absolute Gasteiger partial charge is 0.130 e. The lowest BCUT2D eigenvalue weighted by Gasteiger charge is -2.39. The van der Waals surface area contributed by atoms with Gasteiger partial charge >= 0.3 is 0 Å². The van der Waals surface area contributed by atoms with Gasteiger partial charge in [-0.2, -0.15) is 5.10 Å². The van der Waals surface area contributed by atoms with Crippen LogP contribution in [-0.4, -0.2) is 9.78 Å². The molecule has 1 aromatic heterocycles. The fourth-order valence-electron chi connectivity index (χ4n) is 3.17. The Labute approximate surface area is 103 Å². The number of fused-ring (bicyclic) bond motifs is 1. The first-order valence-corrected chi connectivity index (χ1v) is 6.64. The molecule has 0 saturated heterocycles. The van der Waals surface area contributed by atoms with Crippen LogP contribution in [0.15, 0.2) is 0 Å². The lowest BCUT2D eigenvalue weighted by Crippen LogP contribution is -2.36. The molecule has 1 aromatic rings. The van der Waals surface area contributed by atoms with E-state index in [0.29, 0.717) is 0 Å². The molecule has 0 bridgehead atoms. The van der Waals surface area contributed by atoms with Gasteiger partial charge in [0.1, 0.15) is 5.15 Å². The molecular weight excluding hydrogens is 220 g/mol. The average Bonchev–Trinajstić information content (AvgIpc) is 2.58. The van der Waals surface area contributed by atoms with Crippen LogP contribution >= 0.6 is 11.6 Å². The topological polar surface area (TPSA) is 17.8 Å². The summed E-state index contributed by atoms with van der Waals surface area (Å²) < 4.78 is 1.83. The molecule has 1 heterocycles. The number of nitrogens with zero attached hydrogens (tertiary/aromatic N) is 2. The second-order valence-corrected chi connectivity index (χ2v) is 5.51. The van der Waals surface area contributed by atoms with E-state index in [-0.39, 0.29) is 5.41 Å². The quantitative estimate of drug-likeness (QED) is 0.771. The number of aromatic nitrogens is 2. The molecule has 0 spiro atoms. The first kappa shape index (κ1) is 12.0. The molecule has 0 saturated carbocycles. The zero-order chi connectivity index (χ0) is 11.9. The van der Waals surface area contributed by atoms with Crippen LogP contribution in [0.4, 0.5) is 0 Å². The highest BCUT2D eigenvalue weighted by molar-refractivity contribution is 6.30. The predicted molar refractivity (Wildman–Crippen MR) is 68.0 cm³/mol. The van der Waals surface area contributed by atoms with Crippen LogP contribution in [0.2, 0.25) is 5.15 Å². The zero-order valence-corrected chi connectivity index (χ0v) is 11.4. The van der Waals surface area contributed by atoms with Gasteiger partial charge in [0.05, 0.1) is 5.69 Å². The van der Waals surface area contributed by atoms with E-state index in [4.69, 9.17) is 11.6 Å². The Morgan fingerprint density at radius 2 is 2.19 bits per heavy atom. The van der Waals surface area contributed by atoms with Crippen molar-refractivity contribution in [2.75, 3.05) is 0 Å². The van der Waals surface area contributed by atoms with Crippen molar-refractivity contribution in [3.05, 3.63) is 16.4 Å². The molecule has 2 nitrogen and oxygen atoms in total. The number of hydrogen-bond donors (Lipinski definition) is 0. The van der Waals surface area contributed by atoms with E-state index in [1.54, 1.807) is 0 Å². The van der Waals surface area contributed by atoms with Crippen LogP contribution < -0.4 is 0 Å². The standard InChI is InChI=1S/C13H21ClN2/c1-5-9-7-8-10-11(13(9,3)6-2)15-16(4)12(10)14/h9H,5-8H2,1-4H3/t9-,13?/m1/s1. The Balaban J connectivity index is 2.54. The van der Waals surface area contributed by atoms with Gasteiger partial charge in [0, 0.05) is 18.0 Å². The van der Waals surface area contributed by atoms with Crippen molar-refractivity contribution in [3.8, 4) is 0 Å². The molecule has 0 aromatic carbocycles. The maximum Gasteiger partial charge on any atom is 0.130 e. The normalized spacial score (nSPS) is 29.2. The summed E-state index contributed by atoms with van der Waals surface area (Å²) in [6.45, 7) is 6.90. The van der Waals surface area contributed by atoms with Crippen molar-refractivity contribution in [3.63, 3.8) is 0 Å². The molecule has 0 radical (unpaired) electrons. The number of aryl methyl sites for hydroxylation is 1. The van der Waals surface area contributed by atoms with Crippen molar-refractivity contribution < 1.29 is 0 Å². The Morgan fingerprint density at radius 3 is 2.75 bits per heavy atom. The molecule has 1 aliphatic carbocycles. The van der Waals surface area contributed by atoms with Crippen molar-refractivity contribution in [1.82, 2.24) is 9.78 Å². The zero-order valence-electron chi connectivity index (χ0n) is 10.7. The molecule has 16 heavy (non-hydrogen) atoms. The van der Waals surface area contributed by atoms with E-state index in [1.807, 2.05) is 11.7 Å². The van der Waals surface area contributed by atoms with Crippen LogP contribution in [-0.2, 0) is 18.9 Å². The second kappa shape index (κ2) is 4.06. The first-order chi connectivity index (χ1) is 7.54. The summed E-state index contributed by atoms with van der Waals surface area (Å²) in [7, 11) is 1.94. The van der Waals surface area contributed by atoms with Crippen LogP contribution in [0, 0.1) is 5.92 Å². The van der Waals surface area contributed by atoms with Gasteiger partial charge in [-0.3, -0.25) is 4.68 Å². The van der Waals surface area contributed by atoms with Crippen molar-refractivity contribution in [2.45, 2.75) is 51.9 Å². The van der Waals surface area contributed by atoms with Crippen molar-refractivity contribution in [2.24, 2.45) is 13.0 Å². The summed E-state index contributed by atoms with van der Waals surface area (Å²) in [4.78, 5) is 0. The van der Waals surface area contributed by atoms with E-state index < -0.39 is 0 Å². The van der Waals surface area contributed by atoms with Gasteiger partial charge in [-0.25, -0.2) is 0 Å². The molecule has 0 N–H and O–H groups in total. The van der Waals surface area contributed by atoms with E-state index in [2.05, 4.69) is 25.9 Å². The van der Waals surface area contributed by atoms with Crippen molar-refractivity contribution >= 4 is 11.6 Å². The molecule has 1 aliphatic rings. The highest BCUT2D eigenvalue weighted by Gasteiger charge is 2.41. The van der Waals surface area contributed by atoms with E-state index in [9.17, 15) is 0 Å². The Kier molecular flexibility index (Phi) is 3.04. The molecule has 1 unspecified atom stereocenters. The minimum Gasteiger partial charge on any atom is -0.257 e. The molecule has 0 amide bonds. The summed E-state index contributed by atoms with van der Waals surface area (Å²) >= 11 is 6.30. The molecule has 2 rings (SSSR count). The molecule has 0 fully saturated rings. The third-order valence-electron chi connectivity index (χ3n) is 4.48. The lowest BCUT2D eigenvalue weighted by molar-refractivity contribution is 0.232. The lowest BCUT2D eigenvalue weighted by atomic mass is 9.65. The van der Waals surface area contributed by atoms with Crippen LogP contribution in [0.25, 0.3) is 0 Å². The van der Waals surface area contributed by atoms with Gasteiger partial charge < -0.3 is 0 Å². The molecule has 90 valence electrons.